The lowest BCUT2D eigenvalue weighted by Gasteiger charge is -2.28. The average molecular weight is 234 g/mol. The minimum atomic E-state index is -3.31. The Labute approximate surface area is 89.4 Å². The maximum Gasteiger partial charge on any atom is 0.216 e. The molecular formula is C8H14N2O4S. The van der Waals surface area contributed by atoms with Crippen LogP contribution in [0.5, 0.6) is 0 Å². The third-order valence-electron chi connectivity index (χ3n) is 2.11. The first-order chi connectivity index (χ1) is 7.10. The van der Waals surface area contributed by atoms with Gasteiger partial charge in [-0.15, -0.1) is 0 Å². The zero-order valence-electron chi connectivity index (χ0n) is 8.55. The van der Waals surface area contributed by atoms with E-state index in [-0.39, 0.29) is 25.5 Å². The Bertz CT molecular complexity index is 335. The zero-order valence-corrected chi connectivity index (χ0v) is 9.37. The molecule has 1 heterocycles. The molecular weight excluding hydrogens is 220 g/mol. The largest absolute Gasteiger partial charge is 0.384 e. The lowest BCUT2D eigenvalue weighted by atomic mass is 10.3. The van der Waals surface area contributed by atoms with Crippen molar-refractivity contribution in [2.45, 2.75) is 6.10 Å². The number of hydrogen-bond acceptors (Lipinski definition) is 5. The molecule has 7 heteroatoms. The Kier molecular flexibility index (Phi) is 4.47. The van der Waals surface area contributed by atoms with Gasteiger partial charge in [-0.1, -0.05) is 0 Å². The summed E-state index contributed by atoms with van der Waals surface area (Å²) >= 11 is 0. The van der Waals surface area contributed by atoms with E-state index < -0.39 is 16.1 Å². The molecule has 1 rings (SSSR count). The summed E-state index contributed by atoms with van der Waals surface area (Å²) in [5, 5.41) is 8.63. The molecule has 1 aliphatic heterocycles. The summed E-state index contributed by atoms with van der Waals surface area (Å²) in [6.45, 7) is 0.855. The molecule has 0 aromatic carbocycles. The van der Waals surface area contributed by atoms with Gasteiger partial charge in [-0.05, 0) is 0 Å². The van der Waals surface area contributed by atoms with Gasteiger partial charge in [-0.25, -0.2) is 8.42 Å². The number of nitrogens with zero attached hydrogens (tertiary/aromatic N) is 2. The molecule has 1 atom stereocenters. The Balaban J connectivity index is 2.59. The second kappa shape index (κ2) is 5.42. The lowest BCUT2D eigenvalue weighted by Crippen LogP contribution is -2.46. The van der Waals surface area contributed by atoms with E-state index in [0.717, 1.165) is 0 Å². The first kappa shape index (κ1) is 12.4. The average Bonchev–Trinajstić information content (AvgIpc) is 2.26. The van der Waals surface area contributed by atoms with Crippen molar-refractivity contribution >= 4 is 10.0 Å². The van der Waals surface area contributed by atoms with Crippen LogP contribution in [0.4, 0.5) is 0 Å². The third-order valence-corrected chi connectivity index (χ3v) is 3.91. The number of hydrogen-bond donors (Lipinski definition) is 0. The summed E-state index contributed by atoms with van der Waals surface area (Å²) in [7, 11) is -1.86. The minimum absolute atomic E-state index is 0.0539. The molecule has 1 saturated heterocycles. The van der Waals surface area contributed by atoms with Gasteiger partial charge in [0.1, 0.15) is 0 Å². The van der Waals surface area contributed by atoms with Gasteiger partial charge in [0.2, 0.25) is 10.0 Å². The van der Waals surface area contributed by atoms with Crippen molar-refractivity contribution in [3.63, 3.8) is 0 Å². The van der Waals surface area contributed by atoms with Crippen molar-refractivity contribution in [1.29, 1.82) is 5.26 Å². The van der Waals surface area contributed by atoms with E-state index in [1.54, 1.807) is 0 Å². The van der Waals surface area contributed by atoms with E-state index in [0.29, 0.717) is 6.54 Å². The second-order valence-electron chi connectivity index (χ2n) is 3.16. The topological polar surface area (TPSA) is 79.6 Å². The predicted molar refractivity (Wildman–Crippen MR) is 52.6 cm³/mol. The second-order valence-corrected chi connectivity index (χ2v) is 5.24. The SMILES string of the molecule is COCCS(=O)(=O)N1CCOC(C#N)C1. The van der Waals surface area contributed by atoms with E-state index in [9.17, 15) is 8.42 Å². The zero-order chi connectivity index (χ0) is 11.3. The van der Waals surface area contributed by atoms with Crippen LogP contribution in [0.3, 0.4) is 0 Å². The molecule has 0 aliphatic carbocycles. The van der Waals surface area contributed by atoms with Gasteiger partial charge in [0.15, 0.2) is 6.10 Å². The van der Waals surface area contributed by atoms with Crippen molar-refractivity contribution < 1.29 is 17.9 Å². The molecule has 0 aromatic heterocycles. The standard InChI is InChI=1S/C8H14N2O4S/c1-13-4-5-15(11,12)10-2-3-14-8(6-9)7-10/h8H,2-5,7H2,1H3. The summed E-state index contributed by atoms with van der Waals surface area (Å²) in [5.41, 5.74) is 0. The predicted octanol–water partition coefficient (Wildman–Crippen LogP) is -0.813. The number of sulfonamides is 1. The van der Waals surface area contributed by atoms with Crippen LogP contribution in [0.1, 0.15) is 0 Å². The van der Waals surface area contributed by atoms with Crippen LogP contribution in [-0.2, 0) is 19.5 Å². The summed E-state index contributed by atoms with van der Waals surface area (Å²) < 4.78 is 34.4. The quantitative estimate of drug-likeness (QED) is 0.635. The molecule has 86 valence electrons. The van der Waals surface area contributed by atoms with Crippen LogP contribution in [0.15, 0.2) is 0 Å². The first-order valence-electron chi connectivity index (χ1n) is 4.58. The van der Waals surface area contributed by atoms with E-state index in [1.807, 2.05) is 6.07 Å². The molecule has 1 fully saturated rings. The van der Waals surface area contributed by atoms with Crippen LogP contribution >= 0.6 is 0 Å². The molecule has 0 bridgehead atoms. The normalized spacial score (nSPS) is 23.6. The molecule has 0 amide bonds. The number of methoxy groups -OCH3 is 1. The molecule has 0 N–H and O–H groups in total. The molecule has 0 saturated carbocycles. The molecule has 0 aromatic rings. The van der Waals surface area contributed by atoms with Crippen LogP contribution in [-0.4, -0.2) is 58.0 Å². The van der Waals surface area contributed by atoms with Crippen molar-refractivity contribution in [2.24, 2.45) is 0 Å². The molecule has 0 spiro atoms. The van der Waals surface area contributed by atoms with Crippen LogP contribution in [0.25, 0.3) is 0 Å². The maximum absolute atomic E-state index is 11.7. The highest BCUT2D eigenvalue weighted by Crippen LogP contribution is 2.09. The first-order valence-corrected chi connectivity index (χ1v) is 6.19. The van der Waals surface area contributed by atoms with Crippen molar-refractivity contribution in [3.8, 4) is 6.07 Å². The Hall–Kier alpha value is -0.680. The fourth-order valence-electron chi connectivity index (χ4n) is 1.27. The lowest BCUT2D eigenvalue weighted by molar-refractivity contribution is 0.0309. The highest BCUT2D eigenvalue weighted by molar-refractivity contribution is 7.89. The summed E-state index contributed by atoms with van der Waals surface area (Å²) in [4.78, 5) is 0. The molecule has 0 radical (unpaired) electrons. The summed E-state index contributed by atoms with van der Waals surface area (Å²) in [6, 6.07) is 1.90. The van der Waals surface area contributed by atoms with Crippen LogP contribution in [0, 0.1) is 11.3 Å². The van der Waals surface area contributed by atoms with Gasteiger partial charge in [-0.2, -0.15) is 9.57 Å². The van der Waals surface area contributed by atoms with Gasteiger partial charge in [0.05, 0.1) is 31.6 Å². The van der Waals surface area contributed by atoms with Crippen molar-refractivity contribution in [3.05, 3.63) is 0 Å². The molecule has 6 nitrogen and oxygen atoms in total. The number of ether oxygens (including phenoxy) is 2. The minimum Gasteiger partial charge on any atom is -0.384 e. The summed E-state index contributed by atoms with van der Waals surface area (Å²) in [5.74, 6) is -0.0539. The Morgan fingerprint density at radius 3 is 3.00 bits per heavy atom. The molecule has 1 aliphatic rings. The van der Waals surface area contributed by atoms with E-state index in [2.05, 4.69) is 0 Å². The van der Waals surface area contributed by atoms with Gasteiger partial charge in [0, 0.05) is 13.7 Å². The van der Waals surface area contributed by atoms with Crippen molar-refractivity contribution in [1.82, 2.24) is 4.31 Å². The third kappa shape index (κ3) is 3.43. The molecule has 1 unspecified atom stereocenters. The van der Waals surface area contributed by atoms with Gasteiger partial charge >= 0.3 is 0 Å². The maximum atomic E-state index is 11.7. The van der Waals surface area contributed by atoms with Gasteiger partial charge in [-0.3, -0.25) is 0 Å². The Morgan fingerprint density at radius 2 is 2.40 bits per heavy atom. The smallest absolute Gasteiger partial charge is 0.216 e. The number of rotatable bonds is 4. The molecule has 15 heavy (non-hydrogen) atoms. The van der Waals surface area contributed by atoms with E-state index in [1.165, 1.54) is 11.4 Å². The highest BCUT2D eigenvalue weighted by atomic mass is 32.2. The van der Waals surface area contributed by atoms with Gasteiger partial charge in [0.25, 0.3) is 0 Å². The fraction of sp³-hybridized carbons (Fsp3) is 0.875. The van der Waals surface area contributed by atoms with Gasteiger partial charge < -0.3 is 9.47 Å². The number of morpholine rings is 1. The van der Waals surface area contributed by atoms with Crippen LogP contribution in [0.2, 0.25) is 0 Å². The van der Waals surface area contributed by atoms with E-state index in [4.69, 9.17) is 14.7 Å². The summed E-state index contributed by atoms with van der Waals surface area (Å²) in [6.07, 6.45) is -0.656. The highest BCUT2D eigenvalue weighted by Gasteiger charge is 2.28. The monoisotopic (exact) mass is 234 g/mol. The van der Waals surface area contributed by atoms with Crippen LogP contribution < -0.4 is 0 Å². The Morgan fingerprint density at radius 1 is 1.67 bits per heavy atom. The number of nitriles is 1. The van der Waals surface area contributed by atoms with Crippen molar-refractivity contribution in [2.75, 3.05) is 39.2 Å². The fourth-order valence-corrected chi connectivity index (χ4v) is 2.62. The van der Waals surface area contributed by atoms with E-state index >= 15 is 0 Å².